The number of carbonyl (C=O) groups excluding carboxylic acids is 2. The van der Waals surface area contributed by atoms with Crippen LogP contribution in [0.25, 0.3) is 0 Å². The summed E-state index contributed by atoms with van der Waals surface area (Å²) in [6.07, 6.45) is 3.12. The summed E-state index contributed by atoms with van der Waals surface area (Å²) in [5, 5.41) is 6.84. The molecular formula is C17H21N5O3. The molecule has 0 aliphatic carbocycles. The fourth-order valence-electron chi connectivity index (χ4n) is 2.60. The van der Waals surface area contributed by atoms with E-state index in [1.54, 1.807) is 23.2 Å². The molecular weight excluding hydrogens is 322 g/mol. The van der Waals surface area contributed by atoms with Gasteiger partial charge in [0.15, 0.2) is 0 Å². The first-order valence-corrected chi connectivity index (χ1v) is 8.13. The minimum absolute atomic E-state index is 0.0229. The second-order valence-electron chi connectivity index (χ2n) is 5.80. The normalized spacial score (nSPS) is 15.6. The first-order valence-electron chi connectivity index (χ1n) is 8.13. The van der Waals surface area contributed by atoms with Gasteiger partial charge in [0.05, 0.1) is 25.1 Å². The number of aromatic nitrogens is 2. The zero-order valence-electron chi connectivity index (χ0n) is 13.8. The Morgan fingerprint density at radius 3 is 2.68 bits per heavy atom. The second kappa shape index (κ2) is 7.91. The van der Waals surface area contributed by atoms with Crippen LogP contribution in [0.1, 0.15) is 11.6 Å². The topological polar surface area (TPSA) is 102 Å². The third kappa shape index (κ3) is 4.43. The van der Waals surface area contributed by atoms with Gasteiger partial charge >= 0.3 is 0 Å². The van der Waals surface area contributed by atoms with Gasteiger partial charge in [-0.05, 0) is 5.56 Å². The molecule has 1 aromatic carbocycles. The van der Waals surface area contributed by atoms with Crippen LogP contribution in [-0.2, 0) is 20.9 Å². The van der Waals surface area contributed by atoms with Crippen molar-refractivity contribution in [2.24, 2.45) is 5.73 Å². The highest BCUT2D eigenvalue weighted by molar-refractivity contribution is 5.95. The van der Waals surface area contributed by atoms with Crippen molar-refractivity contribution in [3.05, 3.63) is 48.3 Å². The number of nitrogens with zero attached hydrogens (tertiary/aromatic N) is 3. The Hall–Kier alpha value is -2.71. The smallest absolute Gasteiger partial charge is 0.245 e. The molecule has 2 heterocycles. The largest absolute Gasteiger partial charge is 0.378 e. The summed E-state index contributed by atoms with van der Waals surface area (Å²) in [6.45, 7) is 2.43. The molecule has 1 unspecified atom stereocenters. The zero-order chi connectivity index (χ0) is 17.6. The van der Waals surface area contributed by atoms with Crippen LogP contribution in [0.3, 0.4) is 0 Å². The summed E-state index contributed by atoms with van der Waals surface area (Å²) in [6, 6.07) is 8.36. The van der Waals surface area contributed by atoms with E-state index in [9.17, 15) is 9.59 Å². The van der Waals surface area contributed by atoms with Crippen molar-refractivity contribution < 1.29 is 14.3 Å². The summed E-state index contributed by atoms with van der Waals surface area (Å²) in [5.41, 5.74) is 7.20. The van der Waals surface area contributed by atoms with Crippen LogP contribution in [0.15, 0.2) is 42.7 Å². The van der Waals surface area contributed by atoms with Crippen molar-refractivity contribution in [2.75, 3.05) is 31.6 Å². The number of morpholine rings is 1. The van der Waals surface area contributed by atoms with Gasteiger partial charge in [0, 0.05) is 19.3 Å². The van der Waals surface area contributed by atoms with E-state index in [1.165, 1.54) is 10.9 Å². The average molecular weight is 343 g/mol. The van der Waals surface area contributed by atoms with E-state index < -0.39 is 6.04 Å². The van der Waals surface area contributed by atoms with Gasteiger partial charge < -0.3 is 20.7 Å². The molecule has 2 amide bonds. The molecule has 3 rings (SSSR count). The van der Waals surface area contributed by atoms with Crippen LogP contribution in [0.5, 0.6) is 0 Å². The van der Waals surface area contributed by atoms with Crippen molar-refractivity contribution in [1.29, 1.82) is 0 Å². The summed E-state index contributed by atoms with van der Waals surface area (Å²) in [7, 11) is 0. The minimum Gasteiger partial charge on any atom is -0.378 e. The van der Waals surface area contributed by atoms with Crippen LogP contribution in [0, 0.1) is 0 Å². The summed E-state index contributed by atoms with van der Waals surface area (Å²) in [5.74, 6) is -0.351. The zero-order valence-corrected chi connectivity index (χ0v) is 13.8. The Balaban J connectivity index is 1.56. The molecule has 25 heavy (non-hydrogen) atoms. The summed E-state index contributed by atoms with van der Waals surface area (Å²) in [4.78, 5) is 26.2. The highest BCUT2D eigenvalue weighted by Crippen LogP contribution is 2.13. The third-order valence-electron chi connectivity index (χ3n) is 4.00. The number of ether oxygens (including phenoxy) is 1. The van der Waals surface area contributed by atoms with E-state index in [0.717, 1.165) is 5.56 Å². The molecule has 0 spiro atoms. The van der Waals surface area contributed by atoms with Gasteiger partial charge in [0.1, 0.15) is 12.6 Å². The number of anilines is 1. The Labute approximate surface area is 145 Å². The molecule has 1 fully saturated rings. The average Bonchev–Trinajstić information content (AvgIpc) is 3.09. The van der Waals surface area contributed by atoms with Crippen LogP contribution in [0.2, 0.25) is 0 Å². The lowest BCUT2D eigenvalue weighted by molar-refractivity contribution is -0.136. The quantitative estimate of drug-likeness (QED) is 0.817. The Bertz CT molecular complexity index is 725. The predicted molar refractivity (Wildman–Crippen MR) is 91.6 cm³/mol. The molecule has 0 saturated carbocycles. The molecule has 0 bridgehead atoms. The fraction of sp³-hybridized carbons (Fsp3) is 0.353. The van der Waals surface area contributed by atoms with Crippen LogP contribution in [0.4, 0.5) is 5.69 Å². The van der Waals surface area contributed by atoms with E-state index in [1.807, 2.05) is 18.2 Å². The lowest BCUT2D eigenvalue weighted by Crippen LogP contribution is -2.42. The van der Waals surface area contributed by atoms with Gasteiger partial charge in [-0.2, -0.15) is 5.10 Å². The first kappa shape index (κ1) is 17.1. The van der Waals surface area contributed by atoms with E-state index in [2.05, 4.69) is 10.4 Å². The number of benzene rings is 1. The van der Waals surface area contributed by atoms with Crippen molar-refractivity contribution in [2.45, 2.75) is 12.6 Å². The molecule has 3 N–H and O–H groups in total. The second-order valence-corrected chi connectivity index (χ2v) is 5.80. The lowest BCUT2D eigenvalue weighted by Gasteiger charge is -2.26. The highest BCUT2D eigenvalue weighted by Gasteiger charge is 2.19. The molecule has 1 atom stereocenters. The van der Waals surface area contributed by atoms with E-state index in [-0.39, 0.29) is 18.4 Å². The maximum Gasteiger partial charge on any atom is 0.245 e. The fourth-order valence-corrected chi connectivity index (χ4v) is 2.60. The molecule has 1 saturated heterocycles. The number of nitrogens with two attached hydrogens (primary N) is 1. The van der Waals surface area contributed by atoms with Crippen molar-refractivity contribution in [3.8, 4) is 0 Å². The van der Waals surface area contributed by atoms with Crippen LogP contribution < -0.4 is 11.1 Å². The molecule has 1 aliphatic rings. The minimum atomic E-state index is -0.764. The van der Waals surface area contributed by atoms with Crippen LogP contribution >= 0.6 is 0 Å². The van der Waals surface area contributed by atoms with Gasteiger partial charge in [-0.15, -0.1) is 0 Å². The Kier molecular flexibility index (Phi) is 5.42. The number of rotatable bonds is 5. The number of amides is 2. The van der Waals surface area contributed by atoms with E-state index in [0.29, 0.717) is 32.0 Å². The summed E-state index contributed by atoms with van der Waals surface area (Å²) < 4.78 is 6.73. The first-order chi connectivity index (χ1) is 12.1. The third-order valence-corrected chi connectivity index (χ3v) is 4.00. The lowest BCUT2D eigenvalue weighted by atomic mass is 10.1. The Morgan fingerprint density at radius 2 is 1.96 bits per heavy atom. The SMILES string of the molecule is NC(C(=O)Nc1cnn(CC(=O)N2CCOCC2)c1)c1ccccc1. The monoisotopic (exact) mass is 343 g/mol. The molecule has 8 heteroatoms. The number of hydrogen-bond donors (Lipinski definition) is 2. The molecule has 132 valence electrons. The van der Waals surface area contributed by atoms with E-state index in [4.69, 9.17) is 10.5 Å². The maximum absolute atomic E-state index is 12.2. The van der Waals surface area contributed by atoms with Gasteiger partial charge in [0.2, 0.25) is 11.8 Å². The molecule has 0 radical (unpaired) electrons. The van der Waals surface area contributed by atoms with Gasteiger partial charge in [0.25, 0.3) is 0 Å². The van der Waals surface area contributed by atoms with E-state index >= 15 is 0 Å². The van der Waals surface area contributed by atoms with Gasteiger partial charge in [-0.25, -0.2) is 0 Å². The van der Waals surface area contributed by atoms with Crippen molar-refractivity contribution in [1.82, 2.24) is 14.7 Å². The van der Waals surface area contributed by atoms with Crippen molar-refractivity contribution in [3.63, 3.8) is 0 Å². The molecule has 2 aromatic rings. The van der Waals surface area contributed by atoms with Gasteiger partial charge in [-0.1, -0.05) is 30.3 Å². The molecule has 1 aliphatic heterocycles. The number of nitrogens with one attached hydrogen (secondary N) is 1. The summed E-state index contributed by atoms with van der Waals surface area (Å²) >= 11 is 0. The Morgan fingerprint density at radius 1 is 1.24 bits per heavy atom. The van der Waals surface area contributed by atoms with Gasteiger partial charge in [-0.3, -0.25) is 14.3 Å². The highest BCUT2D eigenvalue weighted by atomic mass is 16.5. The number of hydrogen-bond acceptors (Lipinski definition) is 5. The number of carbonyl (C=O) groups is 2. The standard InChI is InChI=1S/C17H21N5O3/c18-16(13-4-2-1-3-5-13)17(24)20-14-10-19-22(11-14)12-15(23)21-6-8-25-9-7-21/h1-5,10-11,16H,6-9,12,18H2,(H,20,24). The maximum atomic E-state index is 12.2. The predicted octanol–water partition coefficient (Wildman–Crippen LogP) is 0.380. The van der Waals surface area contributed by atoms with Crippen LogP contribution in [-0.4, -0.2) is 52.8 Å². The molecule has 1 aromatic heterocycles. The van der Waals surface area contributed by atoms with Crippen molar-refractivity contribution >= 4 is 17.5 Å². The molecule has 8 nitrogen and oxygen atoms in total.